The number of thiophene rings is 1. The molecule has 2 heterocycles. The van der Waals surface area contributed by atoms with Gasteiger partial charge in [0, 0.05) is 30.7 Å². The summed E-state index contributed by atoms with van der Waals surface area (Å²) in [6, 6.07) is 11.8. The lowest BCUT2D eigenvalue weighted by Crippen LogP contribution is -2.44. The Bertz CT molecular complexity index is 648. The molecule has 0 saturated carbocycles. The molecule has 2 aromatic rings. The van der Waals surface area contributed by atoms with E-state index in [0.29, 0.717) is 19.8 Å². The number of methoxy groups -OCH3 is 1. The van der Waals surface area contributed by atoms with Crippen LogP contribution < -0.4 is 10.1 Å². The predicted molar refractivity (Wildman–Crippen MR) is 91.4 cm³/mol. The van der Waals surface area contributed by atoms with Crippen LogP contribution in [0.3, 0.4) is 0 Å². The van der Waals surface area contributed by atoms with Crippen LogP contribution in [-0.4, -0.2) is 32.8 Å². The molecule has 0 spiro atoms. The Morgan fingerprint density at radius 2 is 2.04 bits per heavy atom. The Hall–Kier alpha value is -1.85. The largest absolute Gasteiger partial charge is 0.496 e. The minimum atomic E-state index is -0.141. The zero-order chi connectivity index (χ0) is 16.1. The molecule has 1 saturated heterocycles. The summed E-state index contributed by atoms with van der Waals surface area (Å²) in [5.74, 6) is 0.862. The Morgan fingerprint density at radius 1 is 1.26 bits per heavy atom. The van der Waals surface area contributed by atoms with E-state index in [2.05, 4.69) is 11.4 Å². The molecule has 1 aliphatic heterocycles. The topological polar surface area (TPSA) is 47.6 Å². The third-order valence-electron chi connectivity index (χ3n) is 4.46. The number of hydrogen-bond acceptors (Lipinski definition) is 4. The molecule has 4 nitrogen and oxygen atoms in total. The zero-order valence-corrected chi connectivity index (χ0v) is 14.0. The molecule has 0 unspecified atom stereocenters. The maximum atomic E-state index is 12.3. The number of ether oxygens (including phenoxy) is 2. The van der Waals surface area contributed by atoms with Gasteiger partial charge in [0.1, 0.15) is 5.75 Å². The fraction of sp³-hybridized carbons (Fsp3) is 0.389. The fourth-order valence-corrected chi connectivity index (χ4v) is 3.77. The van der Waals surface area contributed by atoms with Crippen LogP contribution in [0, 0.1) is 0 Å². The molecule has 1 aromatic carbocycles. The van der Waals surface area contributed by atoms with Crippen molar-refractivity contribution in [2.45, 2.75) is 18.3 Å². The van der Waals surface area contributed by atoms with E-state index < -0.39 is 0 Å². The molecule has 0 atom stereocenters. The van der Waals surface area contributed by atoms with Gasteiger partial charge in [-0.15, -0.1) is 11.3 Å². The van der Waals surface area contributed by atoms with E-state index >= 15 is 0 Å². The first-order valence-electron chi connectivity index (χ1n) is 7.78. The van der Waals surface area contributed by atoms with Gasteiger partial charge in [0.05, 0.1) is 12.0 Å². The summed E-state index contributed by atoms with van der Waals surface area (Å²) < 4.78 is 11.1. The van der Waals surface area contributed by atoms with E-state index in [4.69, 9.17) is 9.47 Å². The third kappa shape index (κ3) is 3.41. The van der Waals surface area contributed by atoms with Gasteiger partial charge >= 0.3 is 0 Å². The summed E-state index contributed by atoms with van der Waals surface area (Å²) in [5.41, 5.74) is 1.01. The minimum Gasteiger partial charge on any atom is -0.496 e. The fourth-order valence-electron chi connectivity index (χ4n) is 3.13. The normalized spacial score (nSPS) is 16.7. The number of nitrogens with one attached hydrogen (secondary N) is 1. The molecule has 0 radical (unpaired) electrons. The Kier molecular flexibility index (Phi) is 4.98. The summed E-state index contributed by atoms with van der Waals surface area (Å²) in [4.78, 5) is 13.1. The number of amides is 1. The number of hydrogen-bond donors (Lipinski definition) is 1. The number of carbonyl (C=O) groups excluding carboxylic acids is 1. The molecule has 0 aliphatic carbocycles. The van der Waals surface area contributed by atoms with E-state index in [9.17, 15) is 4.79 Å². The van der Waals surface area contributed by atoms with Crippen molar-refractivity contribution in [2.75, 3.05) is 26.9 Å². The second-order valence-corrected chi connectivity index (χ2v) is 6.70. The van der Waals surface area contributed by atoms with Crippen molar-refractivity contribution in [2.24, 2.45) is 0 Å². The maximum Gasteiger partial charge on any atom is 0.261 e. The quantitative estimate of drug-likeness (QED) is 0.915. The average Bonchev–Trinajstić information content (AvgIpc) is 3.15. The van der Waals surface area contributed by atoms with Gasteiger partial charge in [-0.25, -0.2) is 0 Å². The molecule has 23 heavy (non-hydrogen) atoms. The minimum absolute atomic E-state index is 0.0132. The predicted octanol–water partition coefficient (Wildman–Crippen LogP) is 3.23. The van der Waals surface area contributed by atoms with Gasteiger partial charge in [-0.2, -0.15) is 0 Å². The maximum absolute atomic E-state index is 12.3. The highest BCUT2D eigenvalue weighted by molar-refractivity contribution is 7.12. The van der Waals surface area contributed by atoms with Crippen LogP contribution in [0.15, 0.2) is 41.8 Å². The van der Waals surface area contributed by atoms with E-state index in [1.807, 2.05) is 35.7 Å². The first-order chi connectivity index (χ1) is 11.2. The second-order valence-electron chi connectivity index (χ2n) is 5.75. The van der Waals surface area contributed by atoms with Gasteiger partial charge in [-0.3, -0.25) is 4.79 Å². The summed E-state index contributed by atoms with van der Waals surface area (Å²) >= 11 is 1.46. The number of benzene rings is 1. The van der Waals surface area contributed by atoms with Crippen molar-refractivity contribution >= 4 is 17.2 Å². The van der Waals surface area contributed by atoms with E-state index in [1.165, 1.54) is 11.3 Å². The van der Waals surface area contributed by atoms with Crippen molar-refractivity contribution in [3.05, 3.63) is 52.2 Å². The SMILES string of the molecule is COc1ccccc1C1(CNC(=O)c2cccs2)CCOCC1. The second kappa shape index (κ2) is 7.15. The monoisotopic (exact) mass is 331 g/mol. The van der Waals surface area contributed by atoms with Gasteiger partial charge in [-0.1, -0.05) is 24.3 Å². The summed E-state index contributed by atoms with van der Waals surface area (Å²) in [6.07, 6.45) is 1.75. The summed E-state index contributed by atoms with van der Waals surface area (Å²) in [5, 5.41) is 5.02. The standard InChI is InChI=1S/C18H21NO3S/c1-21-15-6-3-2-5-14(15)18(8-10-22-11-9-18)13-19-17(20)16-7-4-12-23-16/h2-7,12H,8-11,13H2,1H3,(H,19,20). The first-order valence-corrected chi connectivity index (χ1v) is 8.66. The highest BCUT2D eigenvalue weighted by atomic mass is 32.1. The van der Waals surface area contributed by atoms with E-state index in [-0.39, 0.29) is 11.3 Å². The van der Waals surface area contributed by atoms with E-state index in [1.54, 1.807) is 7.11 Å². The van der Waals surface area contributed by atoms with Crippen molar-refractivity contribution in [1.82, 2.24) is 5.32 Å². The molecule has 5 heteroatoms. The van der Waals surface area contributed by atoms with Crippen LogP contribution in [0.4, 0.5) is 0 Å². The lowest BCUT2D eigenvalue weighted by atomic mass is 9.73. The van der Waals surface area contributed by atoms with Crippen molar-refractivity contribution in [3.8, 4) is 5.75 Å². The van der Waals surface area contributed by atoms with Gasteiger partial charge in [0.15, 0.2) is 0 Å². The van der Waals surface area contributed by atoms with Crippen molar-refractivity contribution < 1.29 is 14.3 Å². The van der Waals surface area contributed by atoms with Crippen LogP contribution >= 0.6 is 11.3 Å². The molecule has 0 bridgehead atoms. The Labute approximate surface area is 140 Å². The highest BCUT2D eigenvalue weighted by Crippen LogP contribution is 2.39. The molecule has 1 amide bonds. The molecule has 3 rings (SSSR count). The van der Waals surface area contributed by atoms with Gasteiger partial charge < -0.3 is 14.8 Å². The van der Waals surface area contributed by atoms with Gasteiger partial charge in [0.2, 0.25) is 0 Å². The van der Waals surface area contributed by atoms with Crippen molar-refractivity contribution in [3.63, 3.8) is 0 Å². The number of carbonyl (C=O) groups is 1. The van der Waals surface area contributed by atoms with Crippen LogP contribution in [0.5, 0.6) is 5.75 Å². The van der Waals surface area contributed by atoms with Gasteiger partial charge in [-0.05, 0) is 30.4 Å². The number of para-hydroxylation sites is 1. The molecule has 1 fully saturated rings. The average molecular weight is 331 g/mol. The summed E-state index contributed by atoms with van der Waals surface area (Å²) in [6.45, 7) is 1.99. The van der Waals surface area contributed by atoms with Crippen LogP contribution in [0.25, 0.3) is 0 Å². The molecule has 1 aliphatic rings. The smallest absolute Gasteiger partial charge is 0.261 e. The third-order valence-corrected chi connectivity index (χ3v) is 5.33. The highest BCUT2D eigenvalue weighted by Gasteiger charge is 2.37. The molecule has 122 valence electrons. The van der Waals surface area contributed by atoms with Crippen LogP contribution in [0.1, 0.15) is 28.1 Å². The van der Waals surface area contributed by atoms with Gasteiger partial charge in [0.25, 0.3) is 5.91 Å². The zero-order valence-electron chi connectivity index (χ0n) is 13.2. The Balaban J connectivity index is 1.83. The van der Waals surface area contributed by atoms with Crippen LogP contribution in [0.2, 0.25) is 0 Å². The van der Waals surface area contributed by atoms with Crippen LogP contribution in [-0.2, 0) is 10.2 Å². The first kappa shape index (κ1) is 16.0. The molecule has 1 N–H and O–H groups in total. The van der Waals surface area contributed by atoms with Crippen molar-refractivity contribution in [1.29, 1.82) is 0 Å². The lowest BCUT2D eigenvalue weighted by Gasteiger charge is -2.38. The molecule has 1 aromatic heterocycles. The molecular formula is C18H21NO3S. The molecular weight excluding hydrogens is 310 g/mol. The lowest BCUT2D eigenvalue weighted by molar-refractivity contribution is 0.0479. The Morgan fingerprint density at radius 3 is 2.74 bits per heavy atom. The van der Waals surface area contributed by atoms with E-state index in [0.717, 1.165) is 29.0 Å². The summed E-state index contributed by atoms with van der Waals surface area (Å²) in [7, 11) is 1.69. The number of rotatable bonds is 5.